The Morgan fingerprint density at radius 1 is 1.43 bits per heavy atom. The van der Waals surface area contributed by atoms with E-state index in [1.165, 1.54) is 6.07 Å². The maximum atomic E-state index is 13.5. The molecule has 0 aliphatic heterocycles. The third kappa shape index (κ3) is 3.68. The van der Waals surface area contributed by atoms with Gasteiger partial charge in [0.15, 0.2) is 0 Å². The largest absolute Gasteiger partial charge is 0.409 e. The normalized spacial score (nSPS) is 22.3. The van der Waals surface area contributed by atoms with Crippen LogP contribution in [0.5, 0.6) is 0 Å². The van der Waals surface area contributed by atoms with E-state index >= 15 is 0 Å². The molecule has 7 heteroatoms. The predicted octanol–water partition coefficient (Wildman–Crippen LogP) is 1.54. The Morgan fingerprint density at radius 2 is 2.19 bits per heavy atom. The first-order valence-electron chi connectivity index (χ1n) is 6.72. The van der Waals surface area contributed by atoms with Crippen molar-refractivity contribution in [2.24, 2.45) is 16.8 Å². The van der Waals surface area contributed by atoms with Gasteiger partial charge in [-0.05, 0) is 24.5 Å². The highest BCUT2D eigenvalue weighted by Crippen LogP contribution is 2.26. The molecule has 1 aromatic rings. The van der Waals surface area contributed by atoms with Gasteiger partial charge in [0.1, 0.15) is 17.5 Å². The summed E-state index contributed by atoms with van der Waals surface area (Å²) in [7, 11) is 0. The lowest BCUT2D eigenvalue weighted by Gasteiger charge is -2.19. The maximum absolute atomic E-state index is 13.5. The zero-order chi connectivity index (χ0) is 15.4. The number of hydrogen-bond donors (Lipinski definition) is 3. The van der Waals surface area contributed by atoms with Crippen LogP contribution in [-0.4, -0.2) is 23.0 Å². The fourth-order valence-corrected chi connectivity index (χ4v) is 2.66. The third-order valence-corrected chi connectivity index (χ3v) is 3.72. The molecule has 114 valence electrons. The molecule has 2 rings (SSSR count). The summed E-state index contributed by atoms with van der Waals surface area (Å²) in [6.07, 6.45) is 2.13. The smallest absolute Gasteiger partial charge is 0.224 e. The highest BCUT2D eigenvalue weighted by molar-refractivity contribution is 5.85. The Hall–Kier alpha value is -2.18. The minimum atomic E-state index is -0.746. The number of hydrogen-bond acceptors (Lipinski definition) is 3. The van der Waals surface area contributed by atoms with E-state index < -0.39 is 11.6 Å². The molecule has 0 bridgehead atoms. The lowest BCUT2D eigenvalue weighted by molar-refractivity contribution is -0.121. The zero-order valence-electron chi connectivity index (χ0n) is 11.4. The van der Waals surface area contributed by atoms with Crippen molar-refractivity contribution < 1.29 is 18.8 Å². The number of oxime groups is 1. The van der Waals surface area contributed by atoms with E-state index in [4.69, 9.17) is 10.9 Å². The first kappa shape index (κ1) is 15.2. The lowest BCUT2D eigenvalue weighted by atomic mass is 10.0. The second-order valence-corrected chi connectivity index (χ2v) is 5.15. The second kappa shape index (κ2) is 6.51. The van der Waals surface area contributed by atoms with Gasteiger partial charge in [-0.2, -0.15) is 0 Å². The molecule has 5 nitrogen and oxygen atoms in total. The van der Waals surface area contributed by atoms with Gasteiger partial charge in [-0.25, -0.2) is 8.78 Å². The van der Waals surface area contributed by atoms with Crippen molar-refractivity contribution in [3.05, 3.63) is 35.4 Å². The minimum absolute atomic E-state index is 0.0887. The van der Waals surface area contributed by atoms with Crippen LogP contribution in [0, 0.1) is 17.6 Å². The number of carbonyl (C=O) groups excluding carboxylic acids is 1. The van der Waals surface area contributed by atoms with Gasteiger partial charge in [0, 0.05) is 18.0 Å². The zero-order valence-corrected chi connectivity index (χ0v) is 11.4. The van der Waals surface area contributed by atoms with Gasteiger partial charge < -0.3 is 16.3 Å². The monoisotopic (exact) mass is 297 g/mol. The molecule has 1 aromatic carbocycles. The fourth-order valence-electron chi connectivity index (χ4n) is 2.66. The molecular formula is C14H17F2N3O2. The number of nitrogens with two attached hydrogens (primary N) is 1. The molecule has 1 saturated carbocycles. The SMILES string of the molecule is N/C(=N/O)C1CCCC1NC(=O)Cc1ccc(F)cc1F. The summed E-state index contributed by atoms with van der Waals surface area (Å²) in [4.78, 5) is 11.9. The van der Waals surface area contributed by atoms with Gasteiger partial charge in [0.05, 0.1) is 6.42 Å². The average molecular weight is 297 g/mol. The Kier molecular flexibility index (Phi) is 4.72. The average Bonchev–Trinajstić information content (AvgIpc) is 2.89. The minimum Gasteiger partial charge on any atom is -0.409 e. The van der Waals surface area contributed by atoms with Gasteiger partial charge in [-0.3, -0.25) is 4.79 Å². The molecule has 0 spiro atoms. The summed E-state index contributed by atoms with van der Waals surface area (Å²) in [5, 5.41) is 14.5. The van der Waals surface area contributed by atoms with Gasteiger partial charge in [-0.1, -0.05) is 17.6 Å². The number of carbonyl (C=O) groups is 1. The number of rotatable bonds is 4. The molecule has 2 atom stereocenters. The van der Waals surface area contributed by atoms with Crippen molar-refractivity contribution in [3.63, 3.8) is 0 Å². The molecule has 1 aliphatic rings. The van der Waals surface area contributed by atoms with Gasteiger partial charge in [0.2, 0.25) is 5.91 Å². The van der Waals surface area contributed by atoms with E-state index in [2.05, 4.69) is 10.5 Å². The summed E-state index contributed by atoms with van der Waals surface area (Å²) < 4.78 is 26.3. The van der Waals surface area contributed by atoms with Crippen LogP contribution in [0.4, 0.5) is 8.78 Å². The first-order chi connectivity index (χ1) is 10.0. The van der Waals surface area contributed by atoms with Crippen LogP contribution < -0.4 is 11.1 Å². The Bertz CT molecular complexity index is 563. The van der Waals surface area contributed by atoms with Crippen LogP contribution in [0.3, 0.4) is 0 Å². The number of nitrogens with zero attached hydrogens (tertiary/aromatic N) is 1. The molecule has 1 aliphatic carbocycles. The van der Waals surface area contributed by atoms with Gasteiger partial charge in [-0.15, -0.1) is 0 Å². The predicted molar refractivity (Wildman–Crippen MR) is 72.7 cm³/mol. The summed E-state index contributed by atoms with van der Waals surface area (Å²) >= 11 is 0. The third-order valence-electron chi connectivity index (χ3n) is 3.72. The molecular weight excluding hydrogens is 280 g/mol. The van der Waals surface area contributed by atoms with Crippen LogP contribution in [0.25, 0.3) is 0 Å². The van der Waals surface area contributed by atoms with E-state index in [0.29, 0.717) is 0 Å². The molecule has 0 saturated heterocycles. The standard InChI is InChI=1S/C14H17F2N3O2/c15-9-5-4-8(11(16)7-9)6-13(20)18-12-3-1-2-10(12)14(17)19-21/h4-5,7,10,12,21H,1-3,6H2,(H2,17,19)(H,18,20). The fraction of sp³-hybridized carbons (Fsp3) is 0.429. The lowest BCUT2D eigenvalue weighted by Crippen LogP contribution is -2.43. The molecule has 0 aromatic heterocycles. The number of amidine groups is 1. The van der Waals surface area contributed by atoms with E-state index in [0.717, 1.165) is 31.4 Å². The van der Waals surface area contributed by atoms with Crippen LogP contribution in [0.2, 0.25) is 0 Å². The summed E-state index contributed by atoms with van der Waals surface area (Å²) in [5.41, 5.74) is 5.72. The molecule has 4 N–H and O–H groups in total. The van der Waals surface area contributed by atoms with Crippen molar-refractivity contribution in [1.82, 2.24) is 5.32 Å². The summed E-state index contributed by atoms with van der Waals surface area (Å²) in [6.45, 7) is 0. The Morgan fingerprint density at radius 3 is 2.86 bits per heavy atom. The van der Waals surface area contributed by atoms with Crippen LogP contribution in [0.15, 0.2) is 23.4 Å². The van der Waals surface area contributed by atoms with Crippen molar-refractivity contribution in [2.75, 3.05) is 0 Å². The highest BCUT2D eigenvalue weighted by Gasteiger charge is 2.31. The van der Waals surface area contributed by atoms with Crippen molar-refractivity contribution in [3.8, 4) is 0 Å². The molecule has 0 heterocycles. The van der Waals surface area contributed by atoms with Gasteiger partial charge in [0.25, 0.3) is 0 Å². The number of amides is 1. The molecule has 1 fully saturated rings. The van der Waals surface area contributed by atoms with E-state index in [1.54, 1.807) is 0 Å². The van der Waals surface area contributed by atoms with Crippen molar-refractivity contribution in [1.29, 1.82) is 0 Å². The highest BCUT2D eigenvalue weighted by atomic mass is 19.1. The van der Waals surface area contributed by atoms with Crippen molar-refractivity contribution in [2.45, 2.75) is 31.7 Å². The number of nitrogens with one attached hydrogen (secondary N) is 1. The van der Waals surface area contributed by atoms with E-state index in [-0.39, 0.29) is 35.7 Å². The Labute approximate surface area is 120 Å². The van der Waals surface area contributed by atoms with Crippen LogP contribution in [0.1, 0.15) is 24.8 Å². The number of halogens is 2. The summed E-state index contributed by atoms with van der Waals surface area (Å²) in [6, 6.07) is 2.88. The van der Waals surface area contributed by atoms with E-state index in [9.17, 15) is 13.6 Å². The second-order valence-electron chi connectivity index (χ2n) is 5.15. The van der Waals surface area contributed by atoms with E-state index in [1.807, 2.05) is 0 Å². The molecule has 0 radical (unpaired) electrons. The Balaban J connectivity index is 1.98. The first-order valence-corrected chi connectivity index (χ1v) is 6.72. The quantitative estimate of drug-likeness (QED) is 0.341. The number of benzene rings is 1. The molecule has 21 heavy (non-hydrogen) atoms. The topological polar surface area (TPSA) is 87.7 Å². The van der Waals surface area contributed by atoms with Crippen LogP contribution >= 0.6 is 0 Å². The molecule has 2 unspecified atom stereocenters. The van der Waals surface area contributed by atoms with Crippen molar-refractivity contribution >= 4 is 11.7 Å². The van der Waals surface area contributed by atoms with Crippen LogP contribution in [-0.2, 0) is 11.2 Å². The van der Waals surface area contributed by atoms with Gasteiger partial charge >= 0.3 is 0 Å². The summed E-state index contributed by atoms with van der Waals surface area (Å²) in [5.74, 6) is -1.92. The maximum Gasteiger partial charge on any atom is 0.224 e. The molecule has 1 amide bonds.